The number of hydrogen-bond donors (Lipinski definition) is 6. The van der Waals surface area contributed by atoms with E-state index in [9.17, 15) is 67.4 Å². The molecule has 1 saturated heterocycles. The predicted octanol–water partition coefficient (Wildman–Crippen LogP) is 1.59. The van der Waals surface area contributed by atoms with Crippen LogP contribution in [0.1, 0.15) is 117 Å². The largest absolute Gasteiger partial charge is 0.394 e. The molecule has 8 amide bonds. The van der Waals surface area contributed by atoms with Gasteiger partial charge in [-0.1, -0.05) is 102 Å². The maximum Gasteiger partial charge on any atom is 0.246 e. The van der Waals surface area contributed by atoms with Crippen LogP contribution in [0.4, 0.5) is 0 Å². The highest BCUT2D eigenvalue weighted by Crippen LogP contribution is 2.22. The van der Waals surface area contributed by atoms with Crippen molar-refractivity contribution in [3.63, 3.8) is 0 Å². The topological polar surface area (TPSA) is 326 Å². The Morgan fingerprint density at radius 3 is 1.85 bits per heavy atom. The molecule has 2 aromatic rings. The zero-order valence-corrected chi connectivity index (χ0v) is 48.5. The first-order valence-electron chi connectivity index (χ1n) is 27.6. The first-order valence-corrected chi connectivity index (χ1v) is 27.6. The third-order valence-corrected chi connectivity index (χ3v) is 14.6. The second-order valence-electron chi connectivity index (χ2n) is 22.1. The van der Waals surface area contributed by atoms with Crippen LogP contribution in [0.2, 0.25) is 0 Å². The lowest BCUT2D eigenvalue weighted by Crippen LogP contribution is -2.57. The number of nitrogens with zero attached hydrogens (tertiary/aromatic N) is 3. The maximum absolute atomic E-state index is 14.7. The number of ketones is 5. The monoisotopic (exact) mass is 1130 g/mol. The Balaban J connectivity index is 2.12. The highest BCUT2D eigenvalue weighted by atomic mass is 16.3. The van der Waals surface area contributed by atoms with Crippen molar-refractivity contribution >= 4 is 76.2 Å². The van der Waals surface area contributed by atoms with Gasteiger partial charge in [0.25, 0.3) is 0 Å². The van der Waals surface area contributed by atoms with Gasteiger partial charge in [-0.05, 0) is 49.1 Å². The fourth-order valence-electron chi connectivity index (χ4n) is 9.47. The number of carbonyl (C=O) groups is 13. The number of Topliss-reactive ketones (excluding diaryl/α,β-unsaturated/α-hetero) is 5. The quantitative estimate of drug-likeness (QED) is 0.139. The predicted molar refractivity (Wildman–Crippen MR) is 299 cm³/mol. The van der Waals surface area contributed by atoms with Gasteiger partial charge < -0.3 is 46.8 Å². The van der Waals surface area contributed by atoms with Crippen LogP contribution in [0.25, 0.3) is 0 Å². The normalized spacial score (nSPS) is 23.2. The van der Waals surface area contributed by atoms with E-state index in [4.69, 9.17) is 5.73 Å². The Bertz CT molecular complexity index is 2570. The molecule has 22 nitrogen and oxygen atoms in total. The second kappa shape index (κ2) is 32.7. The van der Waals surface area contributed by atoms with Gasteiger partial charge in [0, 0.05) is 83.8 Å². The molecule has 0 radical (unpaired) electrons. The van der Waals surface area contributed by atoms with Crippen LogP contribution >= 0.6 is 0 Å². The van der Waals surface area contributed by atoms with Gasteiger partial charge in [-0.3, -0.25) is 62.3 Å². The number of rotatable bonds is 16. The SMILES string of the molecule is CC(C)C[C@H]1C(=O)C[C@@H](C)C(=O)N[C@@H](C(C)C)C(=O)C[C@@H](Cc2ccccc2)C(=O)N[C@H](C(=O)N(C)[C@@H](C)C(=O)N[C@@H](CO)C(=O)CCC(N)=O)CC(=O)NCC(=O)C[C@@H](C)C(=O)N(C)[C@@H](Cc2ccccc2)C(=O)CCC(=O)N1C. The van der Waals surface area contributed by atoms with Gasteiger partial charge in [0.15, 0.2) is 28.9 Å². The molecule has 22 heteroatoms. The average Bonchev–Trinajstić information content (AvgIpc) is 3.45. The summed E-state index contributed by atoms with van der Waals surface area (Å²) in [6, 6.07) is 9.58. The summed E-state index contributed by atoms with van der Waals surface area (Å²) in [5, 5.41) is 20.1. The van der Waals surface area contributed by atoms with Crippen molar-refractivity contribution in [3.05, 3.63) is 71.8 Å². The first kappa shape index (κ1) is 67.8. The number of nitrogens with two attached hydrogens (primary N) is 1. The standard InChI is InChI=1S/C59H84N8O14/c1-34(2)25-45-49(72)27-36(5)55(77)64-54(35(3)4)50(73)30-41(28-39-17-13-11-14-18-39)57(79)62-43(59(81)65(8)38(7)56(78)63-44(33-68)47(70)21-23-51(60)74)31-52(75)61-32-42(69)26-37(6)58(80)67(10)46(29-40-19-15-12-16-20-40)48(71)22-24-53(76)66(45)9/h11-20,34-38,41,43-46,54,68H,21-33H2,1-10H3,(H2,60,74)(H,61,75)(H,62,79)(H,63,78)(H,64,77)/t36-,37-,38+,41-,43+,44+,45+,46+,54+/m1/s1. The number of amides is 8. The molecule has 81 heavy (non-hydrogen) atoms. The minimum absolute atomic E-state index is 0.0681. The van der Waals surface area contributed by atoms with E-state index in [2.05, 4.69) is 21.3 Å². The minimum atomic E-state index is -1.76. The lowest BCUT2D eigenvalue weighted by Gasteiger charge is -2.31. The van der Waals surface area contributed by atoms with Crippen molar-refractivity contribution in [1.82, 2.24) is 36.0 Å². The lowest BCUT2D eigenvalue weighted by molar-refractivity contribution is -0.144. The van der Waals surface area contributed by atoms with E-state index in [1.807, 2.05) is 13.8 Å². The molecule has 0 spiro atoms. The number of benzene rings is 2. The minimum Gasteiger partial charge on any atom is -0.394 e. The number of hydrogen-bond acceptors (Lipinski definition) is 14. The Hall–Kier alpha value is -7.49. The number of nitrogens with one attached hydrogen (secondary N) is 4. The number of likely N-dealkylation sites (N-methyl/N-ethyl adjacent to an activating group) is 3. The van der Waals surface area contributed by atoms with Crippen molar-refractivity contribution in [2.24, 2.45) is 35.3 Å². The van der Waals surface area contributed by atoms with E-state index in [1.165, 1.54) is 51.7 Å². The Kier molecular flexibility index (Phi) is 27.4. The Labute approximate surface area is 474 Å². The number of aliphatic hydroxyl groups excluding tert-OH is 1. The number of primary amides is 1. The summed E-state index contributed by atoms with van der Waals surface area (Å²) in [4.78, 5) is 182. The van der Waals surface area contributed by atoms with Crippen LogP contribution in [-0.2, 0) is 75.2 Å². The summed E-state index contributed by atoms with van der Waals surface area (Å²) in [6.07, 6.45) is -3.14. The molecule has 1 heterocycles. The van der Waals surface area contributed by atoms with Crippen LogP contribution in [0.3, 0.4) is 0 Å². The summed E-state index contributed by atoms with van der Waals surface area (Å²) in [5.74, 6) is -12.9. The van der Waals surface area contributed by atoms with Gasteiger partial charge in [0.2, 0.25) is 47.3 Å². The smallest absolute Gasteiger partial charge is 0.246 e. The summed E-state index contributed by atoms with van der Waals surface area (Å²) in [7, 11) is 4.07. The number of aliphatic hydroxyl groups is 1. The van der Waals surface area contributed by atoms with Gasteiger partial charge in [0.1, 0.15) is 18.1 Å². The van der Waals surface area contributed by atoms with E-state index in [-0.39, 0.29) is 50.9 Å². The van der Waals surface area contributed by atoms with Crippen LogP contribution in [0, 0.1) is 29.6 Å². The molecule has 444 valence electrons. The summed E-state index contributed by atoms with van der Waals surface area (Å²) in [6.45, 7) is 9.89. The highest BCUT2D eigenvalue weighted by Gasteiger charge is 2.38. The van der Waals surface area contributed by atoms with Gasteiger partial charge in [-0.15, -0.1) is 0 Å². The molecule has 0 unspecified atom stereocenters. The fraction of sp³-hybridized carbons (Fsp3) is 0.576. The average molecular weight is 1130 g/mol. The molecular formula is C59H84N8O14. The Morgan fingerprint density at radius 1 is 0.704 bits per heavy atom. The lowest BCUT2D eigenvalue weighted by atomic mass is 9.87. The van der Waals surface area contributed by atoms with Crippen molar-refractivity contribution in [2.45, 2.75) is 155 Å². The molecule has 0 aromatic heterocycles. The third-order valence-electron chi connectivity index (χ3n) is 14.6. The van der Waals surface area contributed by atoms with Crippen molar-refractivity contribution in [3.8, 4) is 0 Å². The van der Waals surface area contributed by atoms with E-state index in [1.54, 1.807) is 74.5 Å². The summed E-state index contributed by atoms with van der Waals surface area (Å²) in [5.41, 5.74) is 6.48. The highest BCUT2D eigenvalue weighted by molar-refractivity contribution is 6.00. The van der Waals surface area contributed by atoms with Gasteiger partial charge >= 0.3 is 0 Å². The first-order chi connectivity index (χ1) is 38.1. The third kappa shape index (κ3) is 21.5. The molecule has 3 rings (SSSR count). The van der Waals surface area contributed by atoms with E-state index in [0.717, 1.165) is 4.90 Å². The van der Waals surface area contributed by atoms with E-state index >= 15 is 0 Å². The van der Waals surface area contributed by atoms with Gasteiger partial charge in [0.05, 0.1) is 37.7 Å². The van der Waals surface area contributed by atoms with E-state index in [0.29, 0.717) is 11.1 Å². The molecule has 0 aliphatic carbocycles. The van der Waals surface area contributed by atoms with Crippen LogP contribution < -0.4 is 27.0 Å². The molecule has 0 saturated carbocycles. The van der Waals surface area contributed by atoms with Crippen LogP contribution in [-0.4, -0.2) is 167 Å². The zero-order valence-electron chi connectivity index (χ0n) is 48.5. The van der Waals surface area contributed by atoms with Crippen LogP contribution in [0.5, 0.6) is 0 Å². The maximum atomic E-state index is 14.7. The van der Waals surface area contributed by atoms with Crippen molar-refractivity contribution < 1.29 is 67.4 Å². The number of carbonyl (C=O) groups excluding carboxylic acids is 13. The molecule has 0 bridgehead atoms. The molecule has 1 aliphatic heterocycles. The molecule has 1 aliphatic rings. The zero-order chi connectivity index (χ0) is 60.8. The summed E-state index contributed by atoms with van der Waals surface area (Å²) >= 11 is 0. The second-order valence-corrected chi connectivity index (χ2v) is 22.1. The van der Waals surface area contributed by atoms with Crippen molar-refractivity contribution in [2.75, 3.05) is 34.3 Å². The van der Waals surface area contributed by atoms with Crippen molar-refractivity contribution in [1.29, 1.82) is 0 Å². The molecular weight excluding hydrogens is 1040 g/mol. The molecule has 2 aromatic carbocycles. The fourth-order valence-corrected chi connectivity index (χ4v) is 9.47. The molecule has 1 fully saturated rings. The Morgan fingerprint density at radius 2 is 1.30 bits per heavy atom. The van der Waals surface area contributed by atoms with Gasteiger partial charge in [-0.2, -0.15) is 0 Å². The molecule has 7 N–H and O–H groups in total. The summed E-state index contributed by atoms with van der Waals surface area (Å²) < 4.78 is 0. The van der Waals surface area contributed by atoms with Crippen LogP contribution in [0.15, 0.2) is 60.7 Å². The van der Waals surface area contributed by atoms with E-state index < -0.39 is 175 Å². The molecule has 9 atom stereocenters. The van der Waals surface area contributed by atoms with Gasteiger partial charge in [-0.25, -0.2) is 0 Å².